The number of aryl methyl sites for hydroxylation is 1. The number of amides is 2. The molecule has 4 N–H and O–H groups in total. The number of hydrogen-bond acceptors (Lipinski definition) is 4. The molecule has 7 nitrogen and oxygen atoms in total. The maximum Gasteiger partial charge on any atom is 0.270 e. The van der Waals surface area contributed by atoms with Gasteiger partial charge in [0, 0.05) is 30.8 Å². The first kappa shape index (κ1) is 19.6. The van der Waals surface area contributed by atoms with Gasteiger partial charge in [-0.15, -0.1) is 0 Å². The zero-order valence-corrected chi connectivity index (χ0v) is 16.0. The van der Waals surface area contributed by atoms with E-state index in [0.717, 1.165) is 16.7 Å². The van der Waals surface area contributed by atoms with Crippen LogP contribution >= 0.6 is 0 Å². The first-order chi connectivity index (χ1) is 13.4. The minimum absolute atomic E-state index is 0.00524. The Morgan fingerprint density at radius 1 is 1.29 bits per heavy atom. The lowest BCUT2D eigenvalue weighted by Gasteiger charge is -2.26. The van der Waals surface area contributed by atoms with E-state index in [9.17, 15) is 9.59 Å². The van der Waals surface area contributed by atoms with Gasteiger partial charge in [0.15, 0.2) is 0 Å². The van der Waals surface area contributed by atoms with Gasteiger partial charge in [-0.05, 0) is 31.0 Å². The molecule has 0 fully saturated rings. The van der Waals surface area contributed by atoms with Crippen LogP contribution < -0.4 is 11.1 Å². The third-order valence-electron chi connectivity index (χ3n) is 4.66. The molecule has 7 heteroatoms. The van der Waals surface area contributed by atoms with Crippen LogP contribution in [0.25, 0.3) is 0 Å². The van der Waals surface area contributed by atoms with Crippen molar-refractivity contribution >= 4 is 17.6 Å². The molecule has 0 radical (unpaired) electrons. The van der Waals surface area contributed by atoms with E-state index in [-0.39, 0.29) is 24.2 Å². The van der Waals surface area contributed by atoms with Gasteiger partial charge in [0.25, 0.3) is 11.8 Å². The van der Waals surface area contributed by atoms with E-state index >= 15 is 0 Å². The highest BCUT2D eigenvalue weighted by molar-refractivity contribution is 6.00. The highest BCUT2D eigenvalue weighted by Crippen LogP contribution is 2.26. The first-order valence-corrected chi connectivity index (χ1v) is 9.14. The molecule has 0 bridgehead atoms. The minimum Gasteiger partial charge on any atom is -0.384 e. The van der Waals surface area contributed by atoms with Crippen molar-refractivity contribution in [2.45, 2.75) is 33.2 Å². The van der Waals surface area contributed by atoms with Crippen LogP contribution in [-0.2, 0) is 22.6 Å². The van der Waals surface area contributed by atoms with Crippen LogP contribution in [0.1, 0.15) is 39.5 Å². The average Bonchev–Trinajstić information content (AvgIpc) is 3.00. The Morgan fingerprint density at radius 2 is 2.00 bits per heavy atom. The van der Waals surface area contributed by atoms with Gasteiger partial charge in [-0.3, -0.25) is 15.0 Å². The molecule has 1 aliphatic heterocycles. The molecule has 2 amide bonds. The quantitative estimate of drug-likeness (QED) is 0.504. The van der Waals surface area contributed by atoms with E-state index in [1.807, 2.05) is 19.1 Å². The van der Waals surface area contributed by atoms with Crippen LogP contribution in [0.4, 0.5) is 0 Å². The van der Waals surface area contributed by atoms with Crippen molar-refractivity contribution in [3.05, 3.63) is 70.3 Å². The molecule has 0 aliphatic carbocycles. The Kier molecular flexibility index (Phi) is 5.75. The predicted molar refractivity (Wildman–Crippen MR) is 106 cm³/mol. The van der Waals surface area contributed by atoms with Crippen molar-refractivity contribution in [3.8, 4) is 0 Å². The zero-order valence-electron chi connectivity index (χ0n) is 16.0. The smallest absolute Gasteiger partial charge is 0.270 e. The van der Waals surface area contributed by atoms with Crippen LogP contribution in [0.5, 0.6) is 0 Å². The summed E-state index contributed by atoms with van der Waals surface area (Å²) < 4.78 is 5.61. The standard InChI is InChI=1S/C21H24N4O3/c1-3-28-21(25-12-16-10-13(2)4-9-17(16)20(25)27)19(26)24-11-14-5-7-15(8-6-14)18(22)23/h4-10,21H,3,11-12H2,1-2H3,(H3,22,23)(H,24,26). The van der Waals surface area contributed by atoms with E-state index in [1.165, 1.54) is 4.90 Å². The molecule has 0 aromatic heterocycles. The Bertz CT molecular complexity index is 908. The molecule has 146 valence electrons. The summed E-state index contributed by atoms with van der Waals surface area (Å²) >= 11 is 0. The number of nitrogens with zero attached hydrogens (tertiary/aromatic N) is 1. The molecule has 0 saturated heterocycles. The zero-order chi connectivity index (χ0) is 20.3. The molecule has 28 heavy (non-hydrogen) atoms. The molecule has 1 heterocycles. The van der Waals surface area contributed by atoms with E-state index in [4.69, 9.17) is 15.9 Å². The number of nitrogens with two attached hydrogens (primary N) is 1. The fourth-order valence-electron chi connectivity index (χ4n) is 3.21. The van der Waals surface area contributed by atoms with Gasteiger partial charge in [0.05, 0.1) is 0 Å². The lowest BCUT2D eigenvalue weighted by molar-refractivity contribution is -0.143. The summed E-state index contributed by atoms with van der Waals surface area (Å²) in [6, 6.07) is 12.7. The Morgan fingerprint density at radius 3 is 2.64 bits per heavy atom. The van der Waals surface area contributed by atoms with Crippen molar-refractivity contribution in [3.63, 3.8) is 0 Å². The minimum atomic E-state index is -0.985. The van der Waals surface area contributed by atoms with Crippen LogP contribution in [0.15, 0.2) is 42.5 Å². The topological polar surface area (TPSA) is 109 Å². The van der Waals surface area contributed by atoms with Crippen molar-refractivity contribution in [1.29, 1.82) is 5.41 Å². The monoisotopic (exact) mass is 380 g/mol. The van der Waals surface area contributed by atoms with Crippen LogP contribution in [0.3, 0.4) is 0 Å². The molecule has 1 unspecified atom stereocenters. The number of carbonyl (C=O) groups is 2. The van der Waals surface area contributed by atoms with E-state index < -0.39 is 6.23 Å². The summed E-state index contributed by atoms with van der Waals surface area (Å²) in [6.45, 7) is 4.70. The van der Waals surface area contributed by atoms with Crippen LogP contribution in [0.2, 0.25) is 0 Å². The highest BCUT2D eigenvalue weighted by Gasteiger charge is 2.36. The Labute approximate surface area is 164 Å². The number of amidine groups is 1. The number of carbonyl (C=O) groups excluding carboxylic acids is 2. The summed E-state index contributed by atoms with van der Waals surface area (Å²) in [7, 11) is 0. The van der Waals surface area contributed by atoms with Crippen LogP contribution in [-0.4, -0.2) is 35.4 Å². The molecule has 2 aromatic carbocycles. The molecule has 1 atom stereocenters. The van der Waals surface area contributed by atoms with E-state index in [2.05, 4.69) is 5.32 Å². The van der Waals surface area contributed by atoms with Crippen molar-refractivity contribution in [1.82, 2.24) is 10.2 Å². The summed E-state index contributed by atoms with van der Waals surface area (Å²) in [4.78, 5) is 26.9. The van der Waals surface area contributed by atoms with Gasteiger partial charge >= 0.3 is 0 Å². The molecule has 0 spiro atoms. The first-order valence-electron chi connectivity index (χ1n) is 9.14. The highest BCUT2D eigenvalue weighted by atomic mass is 16.5. The number of hydrogen-bond donors (Lipinski definition) is 3. The average molecular weight is 380 g/mol. The van der Waals surface area contributed by atoms with Gasteiger partial charge < -0.3 is 20.7 Å². The number of nitrogen functional groups attached to an aromatic ring is 1. The molecule has 3 rings (SSSR count). The SMILES string of the molecule is CCOC(C(=O)NCc1ccc(C(=N)N)cc1)N1Cc2cc(C)ccc2C1=O. The van der Waals surface area contributed by atoms with Gasteiger partial charge in [-0.25, -0.2) is 0 Å². The summed E-state index contributed by atoms with van der Waals surface area (Å²) in [6.07, 6.45) is -0.985. The van der Waals surface area contributed by atoms with Crippen molar-refractivity contribution in [2.75, 3.05) is 6.61 Å². The summed E-state index contributed by atoms with van der Waals surface area (Å²) in [5.41, 5.74) is 9.52. The molecule has 1 aliphatic rings. The number of fused-ring (bicyclic) bond motifs is 1. The second-order valence-electron chi connectivity index (χ2n) is 6.73. The normalized spacial score (nSPS) is 13.9. The van der Waals surface area contributed by atoms with Gasteiger partial charge in [-0.2, -0.15) is 0 Å². The summed E-state index contributed by atoms with van der Waals surface area (Å²) in [5, 5.41) is 10.2. The Hall–Kier alpha value is -3.19. The lowest BCUT2D eigenvalue weighted by atomic mass is 10.1. The maximum absolute atomic E-state index is 12.7. The second kappa shape index (κ2) is 8.22. The van der Waals surface area contributed by atoms with Gasteiger partial charge in [-0.1, -0.05) is 42.0 Å². The van der Waals surface area contributed by atoms with Crippen LogP contribution in [0, 0.1) is 12.3 Å². The largest absolute Gasteiger partial charge is 0.384 e. The fraction of sp³-hybridized carbons (Fsp3) is 0.286. The van der Waals surface area contributed by atoms with Gasteiger partial charge in [0.1, 0.15) is 5.84 Å². The van der Waals surface area contributed by atoms with Crippen molar-refractivity contribution in [2.24, 2.45) is 5.73 Å². The van der Waals surface area contributed by atoms with Crippen molar-refractivity contribution < 1.29 is 14.3 Å². The summed E-state index contributed by atoms with van der Waals surface area (Å²) in [5.74, 6) is -0.570. The number of benzene rings is 2. The van der Waals surface area contributed by atoms with E-state index in [0.29, 0.717) is 24.3 Å². The number of rotatable bonds is 7. The lowest BCUT2D eigenvalue weighted by Crippen LogP contribution is -2.48. The number of ether oxygens (including phenoxy) is 1. The molecule has 0 saturated carbocycles. The molecule has 2 aromatic rings. The second-order valence-corrected chi connectivity index (χ2v) is 6.73. The maximum atomic E-state index is 12.7. The third kappa shape index (κ3) is 4.04. The molecular formula is C21H24N4O3. The number of nitrogens with one attached hydrogen (secondary N) is 2. The van der Waals surface area contributed by atoms with Gasteiger partial charge in [0.2, 0.25) is 6.23 Å². The Balaban J connectivity index is 1.69. The third-order valence-corrected chi connectivity index (χ3v) is 4.66. The fourth-order valence-corrected chi connectivity index (χ4v) is 3.21. The van der Waals surface area contributed by atoms with E-state index in [1.54, 1.807) is 37.3 Å². The molecular weight excluding hydrogens is 356 g/mol. The predicted octanol–water partition coefficient (Wildman–Crippen LogP) is 1.91.